The third kappa shape index (κ3) is 4.34. The van der Waals surface area contributed by atoms with E-state index in [0.717, 1.165) is 72.8 Å². The second-order valence-electron chi connectivity index (χ2n) is 11.5. The fourth-order valence-corrected chi connectivity index (χ4v) is 6.72. The van der Waals surface area contributed by atoms with Gasteiger partial charge in [-0.25, -0.2) is 0 Å². The number of hydrogen-bond donors (Lipinski definition) is 0. The molecule has 3 nitrogen and oxygen atoms in total. The Hall–Kier alpha value is -5.87. The summed E-state index contributed by atoms with van der Waals surface area (Å²) in [5, 5.41) is 0. The van der Waals surface area contributed by atoms with Crippen molar-refractivity contribution in [2.75, 3.05) is 0 Å². The highest BCUT2D eigenvalue weighted by Gasteiger charge is 2.41. The van der Waals surface area contributed by atoms with E-state index in [9.17, 15) is 0 Å². The summed E-state index contributed by atoms with van der Waals surface area (Å²) in [5.41, 5.74) is 12.4. The molecule has 4 heteroatoms. The number of fused-ring (bicyclic) bond motifs is 4. The lowest BCUT2D eigenvalue weighted by Gasteiger charge is -2.34. The van der Waals surface area contributed by atoms with Gasteiger partial charge >= 0.3 is 0 Å². The molecule has 3 heterocycles. The van der Waals surface area contributed by atoms with Crippen LogP contribution in [0.5, 0.6) is 23.0 Å². The Labute approximate surface area is 262 Å². The molecule has 0 fully saturated rings. The highest BCUT2D eigenvalue weighted by atomic mass is 16.5. The summed E-state index contributed by atoms with van der Waals surface area (Å²) in [4.78, 5) is 4.29. The third-order valence-electron chi connectivity index (χ3n) is 8.92. The molecule has 9 rings (SSSR count). The predicted molar refractivity (Wildman–Crippen MR) is 184 cm³/mol. The molecule has 0 radical (unpaired) electrons. The van der Waals surface area contributed by atoms with E-state index in [0.29, 0.717) is 0 Å². The quantitative estimate of drug-likeness (QED) is 0.197. The number of aromatic nitrogens is 1. The monoisotopic (exact) mass is 575 g/mol. The van der Waals surface area contributed by atoms with Crippen LogP contribution in [-0.2, 0) is 0 Å². The molecule has 0 saturated carbocycles. The van der Waals surface area contributed by atoms with Gasteiger partial charge in [0.05, 0.1) is 0 Å². The largest absolute Gasteiger partial charge is 0.458 e. The van der Waals surface area contributed by atoms with Crippen molar-refractivity contribution in [1.29, 1.82) is 0 Å². The summed E-state index contributed by atoms with van der Waals surface area (Å²) in [6, 6.07) is 51.1. The lowest BCUT2D eigenvalue weighted by molar-refractivity contribution is 0.465. The van der Waals surface area contributed by atoms with Gasteiger partial charge in [-0.15, -0.1) is 0 Å². The third-order valence-corrected chi connectivity index (χ3v) is 8.92. The van der Waals surface area contributed by atoms with E-state index >= 15 is 0 Å². The van der Waals surface area contributed by atoms with Crippen LogP contribution in [0.15, 0.2) is 158 Å². The molecule has 6 aromatic carbocycles. The zero-order valence-corrected chi connectivity index (χ0v) is 24.4. The second-order valence-corrected chi connectivity index (χ2v) is 11.5. The number of rotatable bonds is 4. The van der Waals surface area contributed by atoms with Crippen LogP contribution in [0.25, 0.3) is 44.5 Å². The molecular formula is C41H26BNO2. The van der Waals surface area contributed by atoms with Crippen molar-refractivity contribution < 1.29 is 9.47 Å². The zero-order chi connectivity index (χ0) is 29.7. The first-order valence-electron chi connectivity index (χ1n) is 15.2. The van der Waals surface area contributed by atoms with E-state index in [-0.39, 0.29) is 6.71 Å². The van der Waals surface area contributed by atoms with Crippen molar-refractivity contribution in [3.8, 4) is 67.5 Å². The van der Waals surface area contributed by atoms with Crippen LogP contribution in [0.2, 0.25) is 0 Å². The van der Waals surface area contributed by atoms with Gasteiger partial charge in [0, 0.05) is 23.4 Å². The first-order valence-corrected chi connectivity index (χ1v) is 15.2. The van der Waals surface area contributed by atoms with Crippen molar-refractivity contribution in [1.82, 2.24) is 4.98 Å². The molecule has 0 unspecified atom stereocenters. The molecule has 0 amide bonds. The molecule has 210 valence electrons. The fraction of sp³-hybridized carbons (Fsp3) is 0. The lowest BCUT2D eigenvalue weighted by atomic mass is 9.34. The molecule has 2 aliphatic rings. The van der Waals surface area contributed by atoms with Gasteiger partial charge in [-0.05, 0) is 80.2 Å². The first kappa shape index (κ1) is 25.6. The van der Waals surface area contributed by atoms with Crippen LogP contribution in [0.4, 0.5) is 0 Å². The minimum Gasteiger partial charge on any atom is -0.458 e. The summed E-state index contributed by atoms with van der Waals surface area (Å²) in [5.74, 6) is 3.43. The van der Waals surface area contributed by atoms with Crippen LogP contribution in [0.3, 0.4) is 0 Å². The van der Waals surface area contributed by atoms with Gasteiger partial charge < -0.3 is 9.47 Å². The molecule has 2 aliphatic heterocycles. The summed E-state index contributed by atoms with van der Waals surface area (Å²) < 4.78 is 13.5. The molecule has 0 atom stereocenters. The highest BCUT2D eigenvalue weighted by molar-refractivity contribution is 6.98. The van der Waals surface area contributed by atoms with Crippen LogP contribution < -0.4 is 25.9 Å². The van der Waals surface area contributed by atoms with E-state index in [2.05, 4.69) is 145 Å². The van der Waals surface area contributed by atoms with Gasteiger partial charge in [-0.1, -0.05) is 115 Å². The van der Waals surface area contributed by atoms with Gasteiger partial charge in [0.2, 0.25) is 0 Å². The van der Waals surface area contributed by atoms with Gasteiger partial charge in [-0.3, -0.25) is 4.98 Å². The molecule has 0 spiro atoms. The molecule has 7 aromatic rings. The summed E-state index contributed by atoms with van der Waals surface area (Å²) in [6.45, 7) is -0.0514. The first-order chi connectivity index (χ1) is 22.3. The van der Waals surface area contributed by atoms with Gasteiger partial charge in [0.15, 0.2) is 0 Å². The normalized spacial score (nSPS) is 12.3. The van der Waals surface area contributed by atoms with E-state index in [1.165, 1.54) is 11.1 Å². The summed E-state index contributed by atoms with van der Waals surface area (Å²) in [6.07, 6.45) is 3.69. The average molecular weight is 575 g/mol. The molecule has 0 aliphatic carbocycles. The molecule has 0 N–H and O–H groups in total. The van der Waals surface area contributed by atoms with Crippen molar-refractivity contribution in [2.24, 2.45) is 0 Å². The maximum absolute atomic E-state index is 6.86. The maximum Gasteiger partial charge on any atom is 0.260 e. The Morgan fingerprint density at radius 2 is 0.956 bits per heavy atom. The van der Waals surface area contributed by atoms with Crippen LogP contribution in [0.1, 0.15) is 0 Å². The van der Waals surface area contributed by atoms with Crippen molar-refractivity contribution in [3.63, 3.8) is 0 Å². The lowest BCUT2D eigenvalue weighted by Crippen LogP contribution is -2.57. The van der Waals surface area contributed by atoms with Crippen LogP contribution >= 0.6 is 0 Å². The SMILES string of the molecule is c1ccc(-c2ccc3c(c2)B2c4cc(-c5ccccc5)ccc4Oc4c(-c5ccc(-c6cccnc6)cc5)ccc(c42)O3)cc1. The smallest absolute Gasteiger partial charge is 0.260 e. The standard InChI is InChI=1S/C41H26BNO2/c1-3-8-27(9-4-1)31-17-20-37-35(24-31)42-36-25-32(28-10-5-2-6-11-28)18-21-38(36)45-41-34(19-22-39(44-37)40(41)42)30-15-13-29(14-16-30)33-12-7-23-43-26-33/h1-26H. The van der Waals surface area contributed by atoms with Gasteiger partial charge in [-0.2, -0.15) is 0 Å². The second kappa shape index (κ2) is 10.4. The molecule has 45 heavy (non-hydrogen) atoms. The minimum absolute atomic E-state index is 0.0514. The van der Waals surface area contributed by atoms with Crippen molar-refractivity contribution in [2.45, 2.75) is 0 Å². The number of ether oxygens (including phenoxy) is 2. The Balaban J connectivity index is 1.23. The number of benzene rings is 6. The maximum atomic E-state index is 6.86. The Morgan fingerprint density at radius 3 is 1.58 bits per heavy atom. The summed E-state index contributed by atoms with van der Waals surface area (Å²) in [7, 11) is 0. The molecule has 0 saturated heterocycles. The van der Waals surface area contributed by atoms with E-state index in [4.69, 9.17) is 9.47 Å². The Morgan fingerprint density at radius 1 is 0.422 bits per heavy atom. The average Bonchev–Trinajstić information content (AvgIpc) is 3.12. The van der Waals surface area contributed by atoms with Crippen LogP contribution in [0, 0.1) is 0 Å². The fourth-order valence-electron chi connectivity index (χ4n) is 6.72. The van der Waals surface area contributed by atoms with E-state index < -0.39 is 0 Å². The molecule has 1 aromatic heterocycles. The van der Waals surface area contributed by atoms with Gasteiger partial charge in [0.25, 0.3) is 6.71 Å². The Bertz CT molecular complexity index is 2150. The molecular weight excluding hydrogens is 549 g/mol. The van der Waals surface area contributed by atoms with Crippen molar-refractivity contribution >= 4 is 23.1 Å². The van der Waals surface area contributed by atoms with Crippen LogP contribution in [-0.4, -0.2) is 11.7 Å². The van der Waals surface area contributed by atoms with E-state index in [1.807, 2.05) is 12.3 Å². The zero-order valence-electron chi connectivity index (χ0n) is 24.4. The van der Waals surface area contributed by atoms with Gasteiger partial charge in [0.1, 0.15) is 23.0 Å². The Kier molecular flexibility index (Phi) is 5.92. The topological polar surface area (TPSA) is 31.4 Å². The summed E-state index contributed by atoms with van der Waals surface area (Å²) >= 11 is 0. The highest BCUT2D eigenvalue weighted by Crippen LogP contribution is 2.42. The minimum atomic E-state index is -0.0514. The van der Waals surface area contributed by atoms with Crippen molar-refractivity contribution in [3.05, 3.63) is 158 Å². The number of pyridine rings is 1. The van der Waals surface area contributed by atoms with E-state index in [1.54, 1.807) is 6.20 Å². The predicted octanol–water partition coefficient (Wildman–Crippen LogP) is 8.48. The number of nitrogens with zero attached hydrogens (tertiary/aromatic N) is 1. The number of hydrogen-bond acceptors (Lipinski definition) is 3. The molecule has 0 bridgehead atoms.